The molecule has 4 aliphatic rings. The van der Waals surface area contributed by atoms with E-state index >= 15 is 0 Å². The highest BCUT2D eigenvalue weighted by Crippen LogP contribution is 2.45. The zero-order chi connectivity index (χ0) is 32.1. The van der Waals surface area contributed by atoms with E-state index in [1.807, 2.05) is 18.2 Å². The van der Waals surface area contributed by atoms with Crippen LogP contribution in [0.5, 0.6) is 0 Å². The predicted octanol–water partition coefficient (Wildman–Crippen LogP) is 7.17. The number of hydrogen-bond acceptors (Lipinski definition) is 5. The maximum Gasteiger partial charge on any atom is 0.418 e. The van der Waals surface area contributed by atoms with Crippen molar-refractivity contribution in [1.29, 1.82) is 0 Å². The van der Waals surface area contributed by atoms with Crippen molar-refractivity contribution in [3.05, 3.63) is 69.9 Å². The summed E-state index contributed by atoms with van der Waals surface area (Å²) in [7, 11) is 2.24. The molecule has 0 radical (unpaired) electrons. The van der Waals surface area contributed by atoms with Gasteiger partial charge in [0, 0.05) is 30.9 Å². The van der Waals surface area contributed by atoms with Crippen molar-refractivity contribution in [2.45, 2.75) is 127 Å². The van der Waals surface area contributed by atoms with E-state index in [2.05, 4.69) is 40.7 Å². The Kier molecular flexibility index (Phi) is 8.84. The first-order valence-corrected chi connectivity index (χ1v) is 17.6. The zero-order valence-corrected chi connectivity index (χ0v) is 27.3. The van der Waals surface area contributed by atoms with E-state index in [9.17, 15) is 18.0 Å². The molecule has 0 bridgehead atoms. The summed E-state index contributed by atoms with van der Waals surface area (Å²) >= 11 is 0. The van der Waals surface area contributed by atoms with Crippen molar-refractivity contribution in [2.75, 3.05) is 13.6 Å². The van der Waals surface area contributed by atoms with Crippen molar-refractivity contribution in [3.8, 4) is 5.69 Å². The molecule has 0 amide bonds. The number of hydrazine groups is 1. The molecule has 2 aliphatic heterocycles. The second kappa shape index (κ2) is 12.7. The van der Waals surface area contributed by atoms with E-state index in [-0.39, 0.29) is 23.3 Å². The smallest absolute Gasteiger partial charge is 0.296 e. The summed E-state index contributed by atoms with van der Waals surface area (Å²) in [6, 6.07) is 9.50. The third-order valence-electron chi connectivity index (χ3n) is 11.7. The third-order valence-corrected chi connectivity index (χ3v) is 11.7. The van der Waals surface area contributed by atoms with Gasteiger partial charge in [-0.1, -0.05) is 57.1 Å². The number of benzene rings is 1. The molecule has 7 rings (SSSR count). The lowest BCUT2D eigenvalue weighted by atomic mass is 9.71. The lowest BCUT2D eigenvalue weighted by Gasteiger charge is -2.43. The van der Waals surface area contributed by atoms with E-state index < -0.39 is 17.4 Å². The van der Waals surface area contributed by atoms with Crippen LogP contribution in [0.1, 0.15) is 113 Å². The van der Waals surface area contributed by atoms with Gasteiger partial charge in [0.25, 0.3) is 0 Å². The maximum atomic E-state index is 14.5. The van der Waals surface area contributed by atoms with Gasteiger partial charge in [-0.25, -0.2) is 15.6 Å². The molecule has 1 spiro atoms. The van der Waals surface area contributed by atoms with Crippen molar-refractivity contribution in [1.82, 2.24) is 29.6 Å². The quantitative estimate of drug-likeness (QED) is 0.300. The van der Waals surface area contributed by atoms with E-state index in [0.29, 0.717) is 29.8 Å². The van der Waals surface area contributed by atoms with Crippen LogP contribution in [0, 0.1) is 5.92 Å². The minimum absolute atomic E-state index is 0.0701. The van der Waals surface area contributed by atoms with Crippen LogP contribution < -0.4 is 16.5 Å². The van der Waals surface area contributed by atoms with Crippen molar-refractivity contribution in [3.63, 3.8) is 0 Å². The molecule has 4 fully saturated rings. The number of likely N-dealkylation sites (tertiary alicyclic amines) is 1. The van der Waals surface area contributed by atoms with Crippen molar-refractivity contribution >= 4 is 5.52 Å². The summed E-state index contributed by atoms with van der Waals surface area (Å²) in [6.45, 7) is 3.38. The van der Waals surface area contributed by atoms with Crippen molar-refractivity contribution in [2.24, 2.45) is 5.92 Å². The summed E-state index contributed by atoms with van der Waals surface area (Å²) in [6.07, 6.45) is 13.7. The molecule has 10 heteroatoms. The summed E-state index contributed by atoms with van der Waals surface area (Å²) in [4.78, 5) is 18.6. The highest BCUT2D eigenvalue weighted by atomic mass is 19.4. The Bertz CT molecular complexity index is 1580. The first-order chi connectivity index (χ1) is 22.1. The molecular formula is C36H49F3N6O. The molecule has 2 aromatic heterocycles. The Hall–Kier alpha value is -2.66. The molecule has 2 N–H and O–H groups in total. The van der Waals surface area contributed by atoms with Gasteiger partial charge in [0.1, 0.15) is 0 Å². The first-order valence-electron chi connectivity index (χ1n) is 17.6. The number of pyridine rings is 1. The van der Waals surface area contributed by atoms with Crippen LogP contribution in [0.2, 0.25) is 0 Å². The van der Waals surface area contributed by atoms with Gasteiger partial charge in [0.2, 0.25) is 0 Å². The molecular weight excluding hydrogens is 589 g/mol. The number of hydrogen-bond donors (Lipinski definition) is 2. The number of piperidine rings is 1. The summed E-state index contributed by atoms with van der Waals surface area (Å²) in [5.41, 5.74) is 8.24. The summed E-state index contributed by atoms with van der Waals surface area (Å²) in [5.74, 6) is 0.690. The number of rotatable bonds is 6. The summed E-state index contributed by atoms with van der Waals surface area (Å²) < 4.78 is 46.0. The molecule has 3 aromatic rings. The molecule has 2 saturated carbocycles. The number of nitrogens with zero attached hydrogens (tertiary/aromatic N) is 4. The van der Waals surface area contributed by atoms with Crippen molar-refractivity contribution < 1.29 is 13.2 Å². The number of nitrogens with one attached hydrogen (secondary N) is 2. The largest absolute Gasteiger partial charge is 0.418 e. The molecule has 7 nitrogen and oxygen atoms in total. The van der Waals surface area contributed by atoms with Gasteiger partial charge in [-0.15, -0.1) is 0 Å². The van der Waals surface area contributed by atoms with E-state index in [1.54, 1.807) is 6.20 Å². The van der Waals surface area contributed by atoms with E-state index in [0.717, 1.165) is 57.1 Å². The second-order valence-electron chi connectivity index (χ2n) is 14.5. The molecule has 46 heavy (non-hydrogen) atoms. The van der Waals surface area contributed by atoms with Gasteiger partial charge in [-0.2, -0.15) is 13.2 Å². The predicted molar refractivity (Wildman–Crippen MR) is 175 cm³/mol. The van der Waals surface area contributed by atoms with Crippen LogP contribution in [0.3, 0.4) is 0 Å². The molecule has 4 heterocycles. The average molecular weight is 639 g/mol. The normalized spacial score (nSPS) is 25.8. The van der Waals surface area contributed by atoms with Crippen LogP contribution in [-0.4, -0.2) is 50.2 Å². The average Bonchev–Trinajstić information content (AvgIpc) is 3.49. The molecule has 2 saturated heterocycles. The fraction of sp³-hybridized carbons (Fsp3) is 0.639. The highest BCUT2D eigenvalue weighted by molar-refractivity contribution is 5.58. The van der Waals surface area contributed by atoms with Gasteiger partial charge in [-0.05, 0) is 94.3 Å². The summed E-state index contributed by atoms with van der Waals surface area (Å²) in [5, 5.41) is 0. The minimum atomic E-state index is -4.58. The Labute approximate surface area is 270 Å². The molecule has 1 aromatic carbocycles. The van der Waals surface area contributed by atoms with Gasteiger partial charge >= 0.3 is 11.9 Å². The third kappa shape index (κ3) is 5.95. The Morgan fingerprint density at radius 2 is 1.72 bits per heavy atom. The van der Waals surface area contributed by atoms with Crippen LogP contribution in [0.25, 0.3) is 11.2 Å². The number of halogens is 3. The van der Waals surface area contributed by atoms with E-state index in [1.165, 1.54) is 59.8 Å². The second-order valence-corrected chi connectivity index (χ2v) is 14.5. The first kappa shape index (κ1) is 31.9. The van der Waals surface area contributed by atoms with Crippen LogP contribution in [-0.2, 0) is 12.7 Å². The number of likely N-dealkylation sites (N-methyl/N-ethyl adjacent to an activating group) is 1. The lowest BCUT2D eigenvalue weighted by molar-refractivity contribution is -0.136. The van der Waals surface area contributed by atoms with E-state index in [4.69, 9.17) is 0 Å². The number of alkyl halides is 3. The topological polar surface area (TPSA) is 57.0 Å². The SMILES string of the molecule is C[C@H]1CCCCN1Cc1cc(C(F)(F)F)c2cn(-c3cccc([C@H](C4CCC4)C4NNC5(CCCCCCC5)N4C)c3)c(=O)n2c1. The maximum absolute atomic E-state index is 14.5. The van der Waals surface area contributed by atoms with Gasteiger partial charge in [-0.3, -0.25) is 18.8 Å². The molecule has 2 aliphatic carbocycles. The minimum Gasteiger partial charge on any atom is -0.296 e. The standard InChI is InChI=1S/C36H49F3N6O/c1-25-12-6-9-19-43(25)22-26-20-30(36(37,38)39)31-24-44(34(46)45(31)23-26)29-16-11-15-28(21-29)32(27-13-10-14-27)33-40-41-35(42(33)2)17-7-4-3-5-8-18-35/h11,15-16,20-21,23-25,27,32-33,40-41H,3-10,12-14,17-19,22H2,1-2H3/t25-,32-,33?/m0/s1. The molecule has 1 unspecified atom stereocenters. The Balaban J connectivity index is 1.24. The van der Waals surface area contributed by atoms with Gasteiger partial charge in [0.15, 0.2) is 0 Å². The number of imidazole rings is 1. The Morgan fingerprint density at radius 1 is 0.957 bits per heavy atom. The van der Waals surface area contributed by atoms with Gasteiger partial charge < -0.3 is 0 Å². The van der Waals surface area contributed by atoms with Crippen LogP contribution >= 0.6 is 0 Å². The van der Waals surface area contributed by atoms with Gasteiger partial charge in [0.05, 0.1) is 28.6 Å². The number of aromatic nitrogens is 2. The Morgan fingerprint density at radius 3 is 2.41 bits per heavy atom. The van der Waals surface area contributed by atoms with Crippen LogP contribution in [0.15, 0.2) is 47.5 Å². The monoisotopic (exact) mass is 638 g/mol. The lowest BCUT2D eigenvalue weighted by Crippen LogP contribution is -2.52. The number of fused-ring (bicyclic) bond motifs is 1. The fourth-order valence-corrected chi connectivity index (χ4v) is 8.72. The van der Waals surface area contributed by atoms with Crippen LogP contribution in [0.4, 0.5) is 13.2 Å². The highest BCUT2D eigenvalue weighted by Gasteiger charge is 2.48. The molecule has 3 atom stereocenters. The molecule has 250 valence electrons. The fourth-order valence-electron chi connectivity index (χ4n) is 8.72. The zero-order valence-electron chi connectivity index (χ0n) is 27.3.